The summed E-state index contributed by atoms with van der Waals surface area (Å²) in [4.78, 5) is 4.82. The largest absolute Gasteiger partial charge is 0.508 e. The second-order valence-electron chi connectivity index (χ2n) is 5.16. The number of aromatic hydroxyl groups is 1. The number of fused-ring (bicyclic) bond motifs is 1. The lowest BCUT2D eigenvalue weighted by molar-refractivity contribution is 0.475. The predicted octanol–water partition coefficient (Wildman–Crippen LogP) is 4.37. The molecule has 0 fully saturated rings. The number of phenolic OH excluding ortho intramolecular Hbond substituents is 1. The predicted molar refractivity (Wildman–Crippen MR) is 87.7 cm³/mol. The topological polar surface area (TPSA) is 37.5 Å². The van der Waals surface area contributed by atoms with Crippen LogP contribution in [0.4, 0.5) is 0 Å². The lowest BCUT2D eigenvalue weighted by Crippen LogP contribution is -1.87. The number of rotatable bonds is 2. The van der Waals surface area contributed by atoms with E-state index in [4.69, 9.17) is 4.98 Å². The summed E-state index contributed by atoms with van der Waals surface area (Å²) in [6, 6.07) is 23.3. The summed E-state index contributed by atoms with van der Waals surface area (Å²) >= 11 is 0. The number of hydrogen-bond donors (Lipinski definition) is 1. The van der Waals surface area contributed by atoms with Crippen molar-refractivity contribution >= 4 is 5.52 Å². The fourth-order valence-electron chi connectivity index (χ4n) is 2.69. The third-order valence-electron chi connectivity index (χ3n) is 3.70. The van der Waals surface area contributed by atoms with Gasteiger partial charge in [0.25, 0.3) is 0 Å². The number of pyridine rings is 1. The van der Waals surface area contributed by atoms with Crippen LogP contribution in [0.2, 0.25) is 0 Å². The van der Waals surface area contributed by atoms with Crippen LogP contribution in [0.15, 0.2) is 79.0 Å². The molecule has 3 heteroatoms. The number of imidazole rings is 1. The Balaban J connectivity index is 2.01. The first-order chi connectivity index (χ1) is 10.8. The maximum absolute atomic E-state index is 9.74. The second-order valence-corrected chi connectivity index (χ2v) is 5.16. The number of nitrogens with zero attached hydrogens (tertiary/aromatic N) is 2. The van der Waals surface area contributed by atoms with Crippen molar-refractivity contribution in [2.24, 2.45) is 0 Å². The van der Waals surface area contributed by atoms with E-state index in [9.17, 15) is 5.11 Å². The van der Waals surface area contributed by atoms with Crippen LogP contribution in [-0.4, -0.2) is 14.5 Å². The minimum atomic E-state index is 0.246. The molecule has 2 aromatic heterocycles. The number of hydrogen-bond acceptors (Lipinski definition) is 2. The fraction of sp³-hybridized carbons (Fsp3) is 0. The lowest BCUT2D eigenvalue weighted by Gasteiger charge is -2.00. The van der Waals surface area contributed by atoms with Crippen molar-refractivity contribution in [3.63, 3.8) is 0 Å². The van der Waals surface area contributed by atoms with Gasteiger partial charge in [0.2, 0.25) is 0 Å². The summed E-state index contributed by atoms with van der Waals surface area (Å²) in [6.07, 6.45) is 2.01. The zero-order valence-corrected chi connectivity index (χ0v) is 11.8. The Morgan fingerprint density at radius 2 is 1.55 bits per heavy atom. The number of phenols is 1. The molecule has 0 aliphatic rings. The Morgan fingerprint density at radius 3 is 2.36 bits per heavy atom. The van der Waals surface area contributed by atoms with Crippen molar-refractivity contribution in [2.45, 2.75) is 0 Å². The van der Waals surface area contributed by atoms with Crippen LogP contribution in [-0.2, 0) is 0 Å². The molecule has 0 radical (unpaired) electrons. The van der Waals surface area contributed by atoms with Gasteiger partial charge in [0.1, 0.15) is 11.6 Å². The summed E-state index contributed by atoms with van der Waals surface area (Å²) in [5, 5.41) is 9.74. The molecule has 2 aromatic carbocycles. The lowest BCUT2D eigenvalue weighted by atomic mass is 10.1. The molecule has 0 aliphatic carbocycles. The van der Waals surface area contributed by atoms with Gasteiger partial charge >= 0.3 is 0 Å². The quantitative estimate of drug-likeness (QED) is 0.594. The van der Waals surface area contributed by atoms with E-state index in [1.807, 2.05) is 66.9 Å². The van der Waals surface area contributed by atoms with Crippen LogP contribution in [0.3, 0.4) is 0 Å². The van der Waals surface area contributed by atoms with Gasteiger partial charge in [0.15, 0.2) is 0 Å². The molecule has 0 atom stereocenters. The molecule has 0 aliphatic heterocycles. The Bertz CT molecular complexity index is 942. The third-order valence-corrected chi connectivity index (χ3v) is 3.70. The first-order valence-electron chi connectivity index (χ1n) is 7.15. The highest BCUT2D eigenvalue weighted by atomic mass is 16.3. The molecular weight excluding hydrogens is 272 g/mol. The van der Waals surface area contributed by atoms with Gasteiger partial charge in [-0.15, -0.1) is 0 Å². The van der Waals surface area contributed by atoms with Gasteiger partial charge in [-0.1, -0.05) is 48.5 Å². The van der Waals surface area contributed by atoms with Crippen molar-refractivity contribution in [3.8, 4) is 28.4 Å². The van der Waals surface area contributed by atoms with E-state index in [-0.39, 0.29) is 5.75 Å². The van der Waals surface area contributed by atoms with E-state index >= 15 is 0 Å². The molecule has 106 valence electrons. The highest BCUT2D eigenvalue weighted by molar-refractivity contribution is 5.81. The molecule has 0 bridgehead atoms. The van der Waals surface area contributed by atoms with E-state index in [1.54, 1.807) is 12.1 Å². The molecule has 0 amide bonds. The van der Waals surface area contributed by atoms with Crippen molar-refractivity contribution in [1.82, 2.24) is 9.38 Å². The third kappa shape index (κ3) is 2.04. The smallest absolute Gasteiger partial charge is 0.145 e. The van der Waals surface area contributed by atoms with E-state index in [1.165, 1.54) is 0 Å². The van der Waals surface area contributed by atoms with Crippen molar-refractivity contribution in [1.29, 1.82) is 0 Å². The molecule has 0 spiro atoms. The first-order valence-corrected chi connectivity index (χ1v) is 7.15. The fourth-order valence-corrected chi connectivity index (χ4v) is 2.69. The van der Waals surface area contributed by atoms with Gasteiger partial charge < -0.3 is 5.11 Å². The van der Waals surface area contributed by atoms with Gasteiger partial charge in [0.05, 0.1) is 11.2 Å². The van der Waals surface area contributed by atoms with Crippen LogP contribution < -0.4 is 0 Å². The second kappa shape index (κ2) is 5.04. The van der Waals surface area contributed by atoms with E-state index in [2.05, 4.69) is 4.40 Å². The summed E-state index contributed by atoms with van der Waals surface area (Å²) in [6.45, 7) is 0. The molecular formula is C19H14N2O. The van der Waals surface area contributed by atoms with Crippen molar-refractivity contribution in [2.75, 3.05) is 0 Å². The molecule has 4 rings (SSSR count). The normalized spacial score (nSPS) is 10.9. The van der Waals surface area contributed by atoms with Gasteiger partial charge in [0, 0.05) is 17.3 Å². The van der Waals surface area contributed by atoms with Crippen molar-refractivity contribution in [3.05, 3.63) is 79.0 Å². The van der Waals surface area contributed by atoms with Crippen LogP contribution >= 0.6 is 0 Å². The molecule has 2 heterocycles. The molecule has 0 unspecified atom stereocenters. The molecule has 22 heavy (non-hydrogen) atoms. The zero-order chi connectivity index (χ0) is 14.9. The van der Waals surface area contributed by atoms with Gasteiger partial charge in [-0.2, -0.15) is 0 Å². The van der Waals surface area contributed by atoms with E-state index in [0.29, 0.717) is 0 Å². The van der Waals surface area contributed by atoms with Crippen LogP contribution in [0.25, 0.3) is 28.2 Å². The Hall–Kier alpha value is -3.07. The minimum Gasteiger partial charge on any atom is -0.508 e. The number of aromatic nitrogens is 2. The van der Waals surface area contributed by atoms with Crippen molar-refractivity contribution < 1.29 is 5.11 Å². The van der Waals surface area contributed by atoms with Gasteiger partial charge in [-0.25, -0.2) is 4.98 Å². The van der Waals surface area contributed by atoms with Gasteiger partial charge in [-0.05, 0) is 24.3 Å². The maximum atomic E-state index is 9.74. The van der Waals surface area contributed by atoms with Crippen LogP contribution in [0, 0.1) is 0 Å². The molecule has 0 saturated heterocycles. The van der Waals surface area contributed by atoms with E-state index in [0.717, 1.165) is 28.2 Å². The maximum Gasteiger partial charge on any atom is 0.145 e. The summed E-state index contributed by atoms with van der Waals surface area (Å²) < 4.78 is 2.08. The Labute approximate surface area is 128 Å². The average molecular weight is 286 g/mol. The van der Waals surface area contributed by atoms with E-state index < -0.39 is 0 Å². The average Bonchev–Trinajstić information content (AvgIpc) is 2.95. The monoisotopic (exact) mass is 286 g/mol. The zero-order valence-electron chi connectivity index (χ0n) is 11.8. The SMILES string of the molecule is Oc1cccc(-c2nc(-c3ccccc3)n3ccccc23)c1. The summed E-state index contributed by atoms with van der Waals surface area (Å²) in [7, 11) is 0. The molecule has 1 N–H and O–H groups in total. The highest BCUT2D eigenvalue weighted by Crippen LogP contribution is 2.30. The summed E-state index contributed by atoms with van der Waals surface area (Å²) in [5.41, 5.74) is 3.86. The molecule has 3 nitrogen and oxygen atoms in total. The first kappa shape index (κ1) is 12.7. The molecule has 0 saturated carbocycles. The highest BCUT2D eigenvalue weighted by Gasteiger charge is 2.13. The molecule has 4 aromatic rings. The summed E-state index contributed by atoms with van der Waals surface area (Å²) in [5.74, 6) is 1.14. The minimum absolute atomic E-state index is 0.246. The Morgan fingerprint density at radius 1 is 0.773 bits per heavy atom. The Kier molecular flexibility index (Phi) is 2.90. The standard InChI is InChI=1S/C19H14N2O/c22-16-10-6-9-15(13-16)18-17-11-4-5-12-21(17)19(20-18)14-7-2-1-3-8-14/h1-13,22H. The van der Waals surface area contributed by atoms with Crippen LogP contribution in [0.1, 0.15) is 0 Å². The van der Waals surface area contributed by atoms with Gasteiger partial charge in [-0.3, -0.25) is 4.40 Å². The van der Waals surface area contributed by atoms with Crippen LogP contribution in [0.5, 0.6) is 5.75 Å². The number of benzene rings is 2.